The number of halogens is 2. The highest BCUT2D eigenvalue weighted by atomic mass is 35.5. The quantitative estimate of drug-likeness (QED) is 0.884. The van der Waals surface area contributed by atoms with Crippen LogP contribution in [0.4, 0.5) is 5.69 Å². The average molecular weight is 324 g/mol. The van der Waals surface area contributed by atoms with Gasteiger partial charge in [-0.25, -0.2) is 0 Å². The van der Waals surface area contributed by atoms with Gasteiger partial charge in [0.25, 0.3) is 0 Å². The van der Waals surface area contributed by atoms with Crippen LogP contribution in [-0.4, -0.2) is 11.0 Å². The standard InChI is InChI=1S/C16H15Cl2NO2/c1-10(20)13-4-2-3-5-15(13)19-16(21)9-11-8-12(17)6-7-14(11)18/h2-8,10,20H,9H2,1H3,(H,19,21). The Balaban J connectivity index is 2.14. The van der Waals surface area contributed by atoms with E-state index in [4.69, 9.17) is 23.2 Å². The van der Waals surface area contributed by atoms with Gasteiger partial charge in [0, 0.05) is 21.3 Å². The molecule has 0 fully saturated rings. The lowest BCUT2D eigenvalue weighted by Crippen LogP contribution is -2.16. The third-order valence-electron chi connectivity index (χ3n) is 3.04. The number of carbonyl (C=O) groups excluding carboxylic acids is 1. The molecule has 21 heavy (non-hydrogen) atoms. The molecule has 0 aromatic heterocycles. The summed E-state index contributed by atoms with van der Waals surface area (Å²) in [4.78, 5) is 12.1. The van der Waals surface area contributed by atoms with E-state index in [0.717, 1.165) is 0 Å². The fraction of sp³-hybridized carbons (Fsp3) is 0.188. The van der Waals surface area contributed by atoms with Gasteiger partial charge in [0.05, 0.1) is 12.5 Å². The molecule has 1 atom stereocenters. The van der Waals surface area contributed by atoms with Crippen molar-refractivity contribution >= 4 is 34.8 Å². The summed E-state index contributed by atoms with van der Waals surface area (Å²) in [5.41, 5.74) is 1.93. The van der Waals surface area contributed by atoms with E-state index >= 15 is 0 Å². The first kappa shape index (κ1) is 15.8. The second-order valence-corrected chi connectivity index (χ2v) is 5.57. The Labute approximate surface area is 133 Å². The summed E-state index contributed by atoms with van der Waals surface area (Å²) in [5, 5.41) is 13.5. The molecule has 1 unspecified atom stereocenters. The van der Waals surface area contributed by atoms with Crippen molar-refractivity contribution in [3.05, 3.63) is 63.6 Å². The van der Waals surface area contributed by atoms with Crippen LogP contribution in [0.2, 0.25) is 10.0 Å². The molecule has 0 bridgehead atoms. The van der Waals surface area contributed by atoms with Crippen molar-refractivity contribution in [1.29, 1.82) is 0 Å². The summed E-state index contributed by atoms with van der Waals surface area (Å²) in [6, 6.07) is 12.1. The zero-order chi connectivity index (χ0) is 15.4. The van der Waals surface area contributed by atoms with Crippen molar-refractivity contribution in [3.8, 4) is 0 Å². The minimum absolute atomic E-state index is 0.119. The Hall–Kier alpha value is -1.55. The van der Waals surface area contributed by atoms with Crippen LogP contribution in [0.3, 0.4) is 0 Å². The smallest absolute Gasteiger partial charge is 0.228 e. The lowest BCUT2D eigenvalue weighted by molar-refractivity contribution is -0.115. The molecule has 0 aliphatic rings. The number of hydrogen-bond acceptors (Lipinski definition) is 2. The van der Waals surface area contributed by atoms with Gasteiger partial charge in [0.1, 0.15) is 0 Å². The lowest BCUT2D eigenvalue weighted by atomic mass is 10.1. The molecular formula is C16H15Cl2NO2. The van der Waals surface area contributed by atoms with Crippen LogP contribution in [0, 0.1) is 0 Å². The van der Waals surface area contributed by atoms with Crippen LogP contribution in [0.5, 0.6) is 0 Å². The maximum Gasteiger partial charge on any atom is 0.228 e. The molecule has 5 heteroatoms. The number of rotatable bonds is 4. The molecule has 0 saturated carbocycles. The summed E-state index contributed by atoms with van der Waals surface area (Å²) in [5.74, 6) is -0.215. The minimum atomic E-state index is -0.656. The van der Waals surface area contributed by atoms with Crippen molar-refractivity contribution in [3.63, 3.8) is 0 Å². The van der Waals surface area contributed by atoms with Crippen molar-refractivity contribution in [2.45, 2.75) is 19.4 Å². The topological polar surface area (TPSA) is 49.3 Å². The number of amides is 1. The average Bonchev–Trinajstić information content (AvgIpc) is 2.43. The third-order valence-corrected chi connectivity index (χ3v) is 3.65. The van der Waals surface area contributed by atoms with Gasteiger partial charge in [-0.2, -0.15) is 0 Å². The van der Waals surface area contributed by atoms with Crippen LogP contribution in [0.25, 0.3) is 0 Å². The number of aliphatic hydroxyl groups excluding tert-OH is 1. The summed E-state index contributed by atoms with van der Waals surface area (Å²) in [6.07, 6.45) is -0.538. The SMILES string of the molecule is CC(O)c1ccccc1NC(=O)Cc1cc(Cl)ccc1Cl. The molecule has 3 nitrogen and oxygen atoms in total. The Bertz CT molecular complexity index is 656. The molecule has 0 saturated heterocycles. The zero-order valence-electron chi connectivity index (χ0n) is 11.4. The van der Waals surface area contributed by atoms with E-state index in [2.05, 4.69) is 5.32 Å². The number of carbonyl (C=O) groups is 1. The Morgan fingerprint density at radius 2 is 1.95 bits per heavy atom. The molecule has 2 aromatic carbocycles. The second kappa shape index (κ2) is 6.94. The van der Waals surface area contributed by atoms with E-state index < -0.39 is 6.10 Å². The number of nitrogens with one attached hydrogen (secondary N) is 1. The largest absolute Gasteiger partial charge is 0.389 e. The van der Waals surface area contributed by atoms with E-state index in [1.54, 1.807) is 43.3 Å². The van der Waals surface area contributed by atoms with Gasteiger partial charge >= 0.3 is 0 Å². The van der Waals surface area contributed by atoms with Gasteiger partial charge in [-0.1, -0.05) is 41.4 Å². The fourth-order valence-electron chi connectivity index (χ4n) is 2.02. The zero-order valence-corrected chi connectivity index (χ0v) is 12.9. The highest BCUT2D eigenvalue weighted by molar-refractivity contribution is 6.33. The minimum Gasteiger partial charge on any atom is -0.389 e. The Kier molecular flexibility index (Phi) is 5.23. The summed E-state index contributed by atoms with van der Waals surface area (Å²) < 4.78 is 0. The predicted octanol–water partition coefficient (Wildman–Crippen LogP) is 4.23. The van der Waals surface area contributed by atoms with E-state index in [1.807, 2.05) is 6.07 Å². The molecule has 0 heterocycles. The first-order valence-corrected chi connectivity index (χ1v) is 7.23. The van der Waals surface area contributed by atoms with Gasteiger partial charge in [-0.15, -0.1) is 0 Å². The molecule has 2 aromatic rings. The molecule has 0 spiro atoms. The van der Waals surface area contributed by atoms with Crippen LogP contribution in [-0.2, 0) is 11.2 Å². The molecule has 2 rings (SSSR count). The van der Waals surface area contributed by atoms with Crippen molar-refractivity contribution in [2.24, 2.45) is 0 Å². The summed E-state index contributed by atoms with van der Waals surface area (Å²) in [7, 11) is 0. The summed E-state index contributed by atoms with van der Waals surface area (Å²) >= 11 is 12.0. The maximum absolute atomic E-state index is 12.1. The predicted molar refractivity (Wildman–Crippen MR) is 85.9 cm³/mol. The number of hydrogen-bond donors (Lipinski definition) is 2. The monoisotopic (exact) mass is 323 g/mol. The van der Waals surface area contributed by atoms with Gasteiger partial charge in [0.2, 0.25) is 5.91 Å². The molecule has 0 aliphatic heterocycles. The number of anilines is 1. The van der Waals surface area contributed by atoms with E-state index in [-0.39, 0.29) is 12.3 Å². The van der Waals surface area contributed by atoms with Crippen molar-refractivity contribution in [1.82, 2.24) is 0 Å². The molecule has 0 aliphatic carbocycles. The van der Waals surface area contributed by atoms with Gasteiger partial charge < -0.3 is 10.4 Å². The number of aliphatic hydroxyl groups is 1. The van der Waals surface area contributed by atoms with E-state index in [1.165, 1.54) is 0 Å². The Morgan fingerprint density at radius 3 is 2.67 bits per heavy atom. The van der Waals surface area contributed by atoms with Crippen molar-refractivity contribution < 1.29 is 9.90 Å². The number of para-hydroxylation sites is 1. The maximum atomic E-state index is 12.1. The van der Waals surface area contributed by atoms with E-state index in [0.29, 0.717) is 26.9 Å². The first-order chi connectivity index (χ1) is 9.97. The molecule has 1 amide bonds. The fourth-order valence-corrected chi connectivity index (χ4v) is 2.40. The van der Waals surface area contributed by atoms with Gasteiger partial charge in [0.15, 0.2) is 0 Å². The molecule has 2 N–H and O–H groups in total. The second-order valence-electron chi connectivity index (χ2n) is 4.72. The van der Waals surface area contributed by atoms with Crippen LogP contribution >= 0.6 is 23.2 Å². The highest BCUT2D eigenvalue weighted by Gasteiger charge is 2.12. The molecular weight excluding hydrogens is 309 g/mol. The van der Waals surface area contributed by atoms with Crippen LogP contribution in [0.15, 0.2) is 42.5 Å². The van der Waals surface area contributed by atoms with Gasteiger partial charge in [-0.3, -0.25) is 4.79 Å². The number of benzene rings is 2. The van der Waals surface area contributed by atoms with Crippen LogP contribution in [0.1, 0.15) is 24.2 Å². The molecule has 0 radical (unpaired) electrons. The third kappa shape index (κ3) is 4.21. The normalized spacial score (nSPS) is 12.0. The Morgan fingerprint density at radius 1 is 1.24 bits per heavy atom. The lowest BCUT2D eigenvalue weighted by Gasteiger charge is -2.13. The summed E-state index contributed by atoms with van der Waals surface area (Å²) in [6.45, 7) is 1.65. The first-order valence-electron chi connectivity index (χ1n) is 6.48. The van der Waals surface area contributed by atoms with Crippen molar-refractivity contribution in [2.75, 3.05) is 5.32 Å². The van der Waals surface area contributed by atoms with Gasteiger partial charge in [-0.05, 0) is 36.8 Å². The molecule has 110 valence electrons. The van der Waals surface area contributed by atoms with E-state index in [9.17, 15) is 9.90 Å². The highest BCUT2D eigenvalue weighted by Crippen LogP contribution is 2.24. The van der Waals surface area contributed by atoms with Crippen LogP contribution < -0.4 is 5.32 Å².